The second-order valence-corrected chi connectivity index (χ2v) is 6.19. The van der Waals surface area contributed by atoms with E-state index in [0.29, 0.717) is 0 Å². The topological polar surface area (TPSA) is 41.8 Å². The Bertz CT molecular complexity index is 508. The lowest BCUT2D eigenvalue weighted by Gasteiger charge is -2.26. The molecule has 0 aliphatic heterocycles. The fourth-order valence-corrected chi connectivity index (χ4v) is 2.20. The van der Waals surface area contributed by atoms with Gasteiger partial charge in [0.2, 0.25) is 0 Å². The van der Waals surface area contributed by atoms with Crippen LogP contribution in [0.1, 0.15) is 32.4 Å². The highest BCUT2D eigenvalue weighted by molar-refractivity contribution is 9.10. The molecule has 3 N–H and O–H groups in total. The van der Waals surface area contributed by atoms with E-state index in [4.69, 9.17) is 5.73 Å². The minimum atomic E-state index is 0.0375. The van der Waals surface area contributed by atoms with Crippen molar-refractivity contribution in [1.29, 1.82) is 0 Å². The van der Waals surface area contributed by atoms with Crippen molar-refractivity contribution in [2.24, 2.45) is 11.1 Å². The van der Waals surface area contributed by atoms with Crippen molar-refractivity contribution >= 4 is 26.8 Å². The first kappa shape index (κ1) is 11.7. The summed E-state index contributed by atoms with van der Waals surface area (Å²) < 4.78 is 1.09. The van der Waals surface area contributed by atoms with Gasteiger partial charge in [-0.25, -0.2) is 0 Å². The van der Waals surface area contributed by atoms with Gasteiger partial charge in [-0.15, -0.1) is 0 Å². The Hall–Kier alpha value is -0.800. The molecule has 1 heterocycles. The number of H-pyrrole nitrogens is 1. The molecule has 0 fully saturated rings. The van der Waals surface area contributed by atoms with E-state index in [1.165, 1.54) is 10.9 Å². The van der Waals surface area contributed by atoms with Crippen LogP contribution in [0.3, 0.4) is 0 Å². The predicted octanol–water partition coefficient (Wildman–Crippen LogP) is 3.98. The fraction of sp³-hybridized carbons (Fsp3) is 0.385. The van der Waals surface area contributed by atoms with Crippen molar-refractivity contribution in [2.45, 2.75) is 26.8 Å². The van der Waals surface area contributed by atoms with Gasteiger partial charge in [0.15, 0.2) is 0 Å². The molecular weight excluding hydrogens is 264 g/mol. The molecule has 0 saturated carbocycles. The zero-order valence-electron chi connectivity index (χ0n) is 9.84. The predicted molar refractivity (Wildman–Crippen MR) is 72.4 cm³/mol. The Labute approximate surface area is 104 Å². The number of aromatic amines is 1. The number of nitrogens with one attached hydrogen (secondary N) is 1. The van der Waals surface area contributed by atoms with Crippen LogP contribution in [-0.2, 0) is 0 Å². The zero-order valence-corrected chi connectivity index (χ0v) is 11.4. The third-order valence-electron chi connectivity index (χ3n) is 2.94. The molecule has 0 amide bonds. The lowest BCUT2D eigenvalue weighted by atomic mass is 9.83. The van der Waals surface area contributed by atoms with Crippen molar-refractivity contribution in [3.63, 3.8) is 0 Å². The summed E-state index contributed by atoms with van der Waals surface area (Å²) in [5.41, 5.74) is 8.69. The van der Waals surface area contributed by atoms with Gasteiger partial charge in [0, 0.05) is 27.6 Å². The fourth-order valence-electron chi connectivity index (χ4n) is 1.84. The zero-order chi connectivity index (χ0) is 11.9. The van der Waals surface area contributed by atoms with Gasteiger partial charge >= 0.3 is 0 Å². The molecular formula is C13H17BrN2. The van der Waals surface area contributed by atoms with E-state index in [-0.39, 0.29) is 11.5 Å². The molecule has 86 valence electrons. The van der Waals surface area contributed by atoms with Crippen molar-refractivity contribution < 1.29 is 0 Å². The minimum Gasteiger partial charge on any atom is -0.361 e. The number of rotatable bonds is 1. The lowest BCUT2D eigenvalue weighted by Crippen LogP contribution is -2.25. The summed E-state index contributed by atoms with van der Waals surface area (Å²) >= 11 is 3.50. The standard InChI is InChI=1S/C13H17BrN2/c1-13(2,3)12(15)10-7-16-11-5-4-8(14)6-9(10)11/h4-7,12,16H,15H2,1-3H3/t12-/m0/s1. The normalized spacial score (nSPS) is 14.3. The molecule has 1 atom stereocenters. The highest BCUT2D eigenvalue weighted by atomic mass is 79.9. The Morgan fingerprint density at radius 3 is 2.62 bits per heavy atom. The summed E-state index contributed by atoms with van der Waals surface area (Å²) in [6.07, 6.45) is 2.02. The molecule has 0 bridgehead atoms. The second kappa shape index (κ2) is 3.90. The number of fused-ring (bicyclic) bond motifs is 1. The summed E-state index contributed by atoms with van der Waals surface area (Å²) in [4.78, 5) is 3.27. The van der Waals surface area contributed by atoms with Gasteiger partial charge in [0.25, 0.3) is 0 Å². The number of hydrogen-bond donors (Lipinski definition) is 2. The minimum absolute atomic E-state index is 0.0375. The number of aromatic nitrogens is 1. The smallest absolute Gasteiger partial charge is 0.0458 e. The van der Waals surface area contributed by atoms with Gasteiger partial charge in [-0.3, -0.25) is 0 Å². The molecule has 2 rings (SSSR count). The number of halogens is 1. The van der Waals surface area contributed by atoms with E-state index in [2.05, 4.69) is 53.8 Å². The van der Waals surface area contributed by atoms with Crippen molar-refractivity contribution in [2.75, 3.05) is 0 Å². The first-order chi connectivity index (χ1) is 7.39. The molecule has 16 heavy (non-hydrogen) atoms. The van der Waals surface area contributed by atoms with Gasteiger partial charge in [-0.05, 0) is 29.2 Å². The Morgan fingerprint density at radius 2 is 2.00 bits per heavy atom. The average Bonchev–Trinajstić information content (AvgIpc) is 2.57. The summed E-state index contributed by atoms with van der Waals surface area (Å²) in [6, 6.07) is 6.26. The highest BCUT2D eigenvalue weighted by Crippen LogP contribution is 2.35. The number of benzene rings is 1. The monoisotopic (exact) mass is 280 g/mol. The van der Waals surface area contributed by atoms with Crippen LogP contribution in [0.15, 0.2) is 28.9 Å². The Kier molecular flexibility index (Phi) is 2.84. The van der Waals surface area contributed by atoms with Crippen LogP contribution in [0.25, 0.3) is 10.9 Å². The molecule has 1 aromatic carbocycles. The quantitative estimate of drug-likeness (QED) is 0.815. The number of hydrogen-bond acceptors (Lipinski definition) is 1. The van der Waals surface area contributed by atoms with Crippen LogP contribution < -0.4 is 5.73 Å². The third kappa shape index (κ3) is 2.02. The van der Waals surface area contributed by atoms with Crippen LogP contribution in [0, 0.1) is 5.41 Å². The molecule has 1 aromatic heterocycles. The van der Waals surface area contributed by atoms with Gasteiger partial charge in [0.1, 0.15) is 0 Å². The highest BCUT2D eigenvalue weighted by Gasteiger charge is 2.24. The van der Waals surface area contributed by atoms with Gasteiger partial charge in [-0.2, -0.15) is 0 Å². The summed E-state index contributed by atoms with van der Waals surface area (Å²) in [5.74, 6) is 0. The molecule has 3 heteroatoms. The molecule has 0 radical (unpaired) electrons. The first-order valence-electron chi connectivity index (χ1n) is 5.42. The first-order valence-corrected chi connectivity index (χ1v) is 6.21. The molecule has 0 aliphatic carbocycles. The molecule has 0 saturated heterocycles. The van der Waals surface area contributed by atoms with Crippen LogP contribution in [0.4, 0.5) is 0 Å². The largest absolute Gasteiger partial charge is 0.361 e. The van der Waals surface area contributed by atoms with E-state index in [1.807, 2.05) is 12.3 Å². The maximum atomic E-state index is 6.30. The van der Waals surface area contributed by atoms with Crippen molar-refractivity contribution in [1.82, 2.24) is 4.98 Å². The SMILES string of the molecule is CC(C)(C)[C@@H](N)c1c[nH]c2ccc(Br)cc12. The van der Waals surface area contributed by atoms with Gasteiger partial charge in [0.05, 0.1) is 0 Å². The molecule has 0 spiro atoms. The summed E-state index contributed by atoms with van der Waals surface area (Å²) in [7, 11) is 0. The molecule has 2 nitrogen and oxygen atoms in total. The van der Waals surface area contributed by atoms with E-state index >= 15 is 0 Å². The summed E-state index contributed by atoms with van der Waals surface area (Å²) in [5, 5.41) is 1.21. The van der Waals surface area contributed by atoms with Crippen molar-refractivity contribution in [3.8, 4) is 0 Å². The van der Waals surface area contributed by atoms with Crippen molar-refractivity contribution in [3.05, 3.63) is 34.4 Å². The second-order valence-electron chi connectivity index (χ2n) is 5.28. The Balaban J connectivity index is 2.57. The molecule has 0 aliphatic rings. The van der Waals surface area contributed by atoms with Gasteiger partial charge in [-0.1, -0.05) is 36.7 Å². The van der Waals surface area contributed by atoms with E-state index < -0.39 is 0 Å². The van der Waals surface area contributed by atoms with Gasteiger partial charge < -0.3 is 10.7 Å². The maximum Gasteiger partial charge on any atom is 0.0458 e. The average molecular weight is 281 g/mol. The van der Waals surface area contributed by atoms with Crippen LogP contribution in [-0.4, -0.2) is 4.98 Å². The van der Waals surface area contributed by atoms with E-state index in [1.54, 1.807) is 0 Å². The summed E-state index contributed by atoms with van der Waals surface area (Å²) in [6.45, 7) is 6.48. The van der Waals surface area contributed by atoms with E-state index in [9.17, 15) is 0 Å². The Morgan fingerprint density at radius 1 is 1.31 bits per heavy atom. The van der Waals surface area contributed by atoms with Crippen LogP contribution >= 0.6 is 15.9 Å². The molecule has 0 unspecified atom stereocenters. The maximum absolute atomic E-state index is 6.30. The lowest BCUT2D eigenvalue weighted by molar-refractivity contribution is 0.328. The van der Waals surface area contributed by atoms with Crippen LogP contribution in [0.5, 0.6) is 0 Å². The van der Waals surface area contributed by atoms with E-state index in [0.717, 1.165) is 9.99 Å². The van der Waals surface area contributed by atoms with Crippen LogP contribution in [0.2, 0.25) is 0 Å². The number of nitrogens with two attached hydrogens (primary N) is 1. The molecule has 2 aromatic rings. The third-order valence-corrected chi connectivity index (χ3v) is 3.44.